The highest BCUT2D eigenvalue weighted by Gasteiger charge is 2.26. The Morgan fingerprint density at radius 2 is 2.26 bits per heavy atom. The average Bonchev–Trinajstić information content (AvgIpc) is 2.89. The zero-order chi connectivity index (χ0) is 13.2. The van der Waals surface area contributed by atoms with Crippen LogP contribution in [0.4, 0.5) is 0 Å². The van der Waals surface area contributed by atoms with Crippen molar-refractivity contribution in [2.45, 2.75) is 32.2 Å². The first-order valence-electron chi connectivity index (χ1n) is 6.96. The minimum Gasteiger partial charge on any atom is -0.497 e. The molecule has 19 heavy (non-hydrogen) atoms. The molecular weight excluding hydrogens is 240 g/mol. The summed E-state index contributed by atoms with van der Waals surface area (Å²) in [5.74, 6) is 1.88. The number of rotatable bonds is 3. The van der Waals surface area contributed by atoms with Gasteiger partial charge in [-0.15, -0.1) is 10.2 Å². The van der Waals surface area contributed by atoms with Gasteiger partial charge in [0.1, 0.15) is 5.75 Å². The Labute approximate surface area is 113 Å². The van der Waals surface area contributed by atoms with Crippen molar-refractivity contribution in [1.29, 1.82) is 0 Å². The molecule has 1 fully saturated rings. The van der Waals surface area contributed by atoms with E-state index in [1.54, 1.807) is 7.11 Å². The Bertz CT molecular complexity index is 566. The maximum absolute atomic E-state index is 5.23. The maximum atomic E-state index is 5.23. The molecule has 102 valence electrons. The molecule has 1 aliphatic heterocycles. The SMILES string of the molecule is CCN1CCCCC1c1nnc2cc(OC)ccn12. The summed E-state index contributed by atoms with van der Waals surface area (Å²) in [6.07, 6.45) is 5.73. The number of likely N-dealkylation sites (tertiary alicyclic amines) is 1. The summed E-state index contributed by atoms with van der Waals surface area (Å²) in [4.78, 5) is 2.49. The number of nitrogens with zero attached hydrogens (tertiary/aromatic N) is 4. The standard InChI is InChI=1S/C14H20N4O/c1-3-17-8-5-4-6-12(17)14-16-15-13-10-11(19-2)7-9-18(13)14/h7,9-10,12H,3-6,8H2,1-2H3. The largest absolute Gasteiger partial charge is 0.497 e. The van der Waals surface area contributed by atoms with E-state index in [9.17, 15) is 0 Å². The highest BCUT2D eigenvalue weighted by Crippen LogP contribution is 2.30. The Hall–Kier alpha value is -1.62. The molecule has 5 heteroatoms. The number of hydrogen-bond acceptors (Lipinski definition) is 4. The predicted octanol–water partition coefficient (Wildman–Crippen LogP) is 2.28. The van der Waals surface area contributed by atoms with Crippen LogP contribution in [0.3, 0.4) is 0 Å². The van der Waals surface area contributed by atoms with Crippen LogP contribution < -0.4 is 4.74 Å². The Kier molecular flexibility index (Phi) is 3.38. The third kappa shape index (κ3) is 2.18. The molecule has 0 spiro atoms. The fourth-order valence-electron chi connectivity index (χ4n) is 2.91. The van der Waals surface area contributed by atoms with Crippen LogP contribution in [0.5, 0.6) is 5.75 Å². The van der Waals surface area contributed by atoms with Crippen LogP contribution in [-0.4, -0.2) is 39.7 Å². The minimum absolute atomic E-state index is 0.391. The molecule has 0 aliphatic carbocycles. The third-order valence-corrected chi connectivity index (χ3v) is 3.96. The zero-order valence-corrected chi connectivity index (χ0v) is 11.5. The number of piperidine rings is 1. The summed E-state index contributed by atoms with van der Waals surface area (Å²) < 4.78 is 7.31. The number of aromatic nitrogens is 3. The van der Waals surface area contributed by atoms with E-state index < -0.39 is 0 Å². The first-order valence-corrected chi connectivity index (χ1v) is 6.96. The summed E-state index contributed by atoms with van der Waals surface area (Å²) in [7, 11) is 1.67. The highest BCUT2D eigenvalue weighted by atomic mass is 16.5. The third-order valence-electron chi connectivity index (χ3n) is 3.96. The minimum atomic E-state index is 0.391. The van der Waals surface area contributed by atoms with Gasteiger partial charge < -0.3 is 4.74 Å². The topological polar surface area (TPSA) is 42.7 Å². The van der Waals surface area contributed by atoms with E-state index in [2.05, 4.69) is 26.4 Å². The fraction of sp³-hybridized carbons (Fsp3) is 0.571. The normalized spacial score (nSPS) is 20.8. The highest BCUT2D eigenvalue weighted by molar-refractivity contribution is 5.44. The van der Waals surface area contributed by atoms with Gasteiger partial charge in [-0.25, -0.2) is 0 Å². The van der Waals surface area contributed by atoms with Crippen molar-refractivity contribution >= 4 is 5.65 Å². The van der Waals surface area contributed by atoms with E-state index in [0.29, 0.717) is 6.04 Å². The second kappa shape index (κ2) is 5.17. The molecule has 0 radical (unpaired) electrons. The quantitative estimate of drug-likeness (QED) is 0.849. The number of ether oxygens (including phenoxy) is 1. The first kappa shape index (κ1) is 12.4. The molecule has 1 saturated heterocycles. The van der Waals surface area contributed by atoms with Crippen LogP contribution >= 0.6 is 0 Å². The van der Waals surface area contributed by atoms with Gasteiger partial charge in [-0.2, -0.15) is 0 Å². The summed E-state index contributed by atoms with van der Waals surface area (Å²) >= 11 is 0. The molecule has 0 aromatic carbocycles. The van der Waals surface area contributed by atoms with E-state index in [1.165, 1.54) is 19.3 Å². The van der Waals surface area contributed by atoms with Gasteiger partial charge in [0.25, 0.3) is 0 Å². The molecule has 1 atom stereocenters. The van der Waals surface area contributed by atoms with Gasteiger partial charge in [-0.3, -0.25) is 9.30 Å². The molecule has 5 nitrogen and oxygen atoms in total. The summed E-state index contributed by atoms with van der Waals surface area (Å²) in [6, 6.07) is 4.27. The van der Waals surface area contributed by atoms with Crippen molar-refractivity contribution in [2.24, 2.45) is 0 Å². The number of hydrogen-bond donors (Lipinski definition) is 0. The van der Waals surface area contributed by atoms with Crippen LogP contribution in [0.1, 0.15) is 38.1 Å². The number of methoxy groups -OCH3 is 1. The first-order chi connectivity index (χ1) is 9.33. The van der Waals surface area contributed by atoms with Crippen molar-refractivity contribution in [1.82, 2.24) is 19.5 Å². The van der Waals surface area contributed by atoms with Crippen molar-refractivity contribution in [3.8, 4) is 5.75 Å². The Balaban J connectivity index is 1.99. The molecule has 2 aromatic rings. The summed E-state index contributed by atoms with van der Waals surface area (Å²) in [6.45, 7) is 4.44. The lowest BCUT2D eigenvalue weighted by molar-refractivity contribution is 0.149. The van der Waals surface area contributed by atoms with Gasteiger partial charge in [0.2, 0.25) is 0 Å². The van der Waals surface area contributed by atoms with Gasteiger partial charge in [-0.1, -0.05) is 13.3 Å². The molecule has 3 rings (SSSR count). The van der Waals surface area contributed by atoms with Gasteiger partial charge in [-0.05, 0) is 32.0 Å². The van der Waals surface area contributed by atoms with Crippen LogP contribution in [0.25, 0.3) is 5.65 Å². The molecule has 2 aromatic heterocycles. The smallest absolute Gasteiger partial charge is 0.164 e. The van der Waals surface area contributed by atoms with Crippen LogP contribution in [-0.2, 0) is 0 Å². The predicted molar refractivity (Wildman–Crippen MR) is 73.4 cm³/mol. The summed E-state index contributed by atoms with van der Waals surface area (Å²) in [5.41, 5.74) is 0.857. The van der Waals surface area contributed by atoms with Crippen LogP contribution in [0.2, 0.25) is 0 Å². The molecule has 0 saturated carbocycles. The average molecular weight is 260 g/mol. The van der Waals surface area contributed by atoms with E-state index in [-0.39, 0.29) is 0 Å². The molecule has 1 aliphatic rings. The Morgan fingerprint density at radius 3 is 3.05 bits per heavy atom. The molecule has 0 bridgehead atoms. The number of fused-ring (bicyclic) bond motifs is 1. The van der Waals surface area contributed by atoms with Gasteiger partial charge in [0, 0.05) is 12.3 Å². The lowest BCUT2D eigenvalue weighted by Gasteiger charge is -2.33. The van der Waals surface area contributed by atoms with E-state index in [4.69, 9.17) is 4.74 Å². The molecule has 1 unspecified atom stereocenters. The maximum Gasteiger partial charge on any atom is 0.164 e. The van der Waals surface area contributed by atoms with Crippen molar-refractivity contribution in [2.75, 3.05) is 20.2 Å². The second-order valence-corrected chi connectivity index (χ2v) is 4.99. The van der Waals surface area contributed by atoms with Crippen molar-refractivity contribution < 1.29 is 4.74 Å². The fourth-order valence-corrected chi connectivity index (χ4v) is 2.91. The van der Waals surface area contributed by atoms with Crippen molar-refractivity contribution in [3.05, 3.63) is 24.2 Å². The van der Waals surface area contributed by atoms with Gasteiger partial charge in [0.15, 0.2) is 11.5 Å². The molecule has 0 N–H and O–H groups in total. The van der Waals surface area contributed by atoms with E-state index in [1.807, 2.05) is 18.3 Å². The van der Waals surface area contributed by atoms with Gasteiger partial charge in [0.05, 0.1) is 13.2 Å². The van der Waals surface area contributed by atoms with Crippen LogP contribution in [0.15, 0.2) is 18.3 Å². The molecule has 3 heterocycles. The lowest BCUT2D eigenvalue weighted by Crippen LogP contribution is -2.34. The molecular formula is C14H20N4O. The Morgan fingerprint density at radius 1 is 1.37 bits per heavy atom. The monoisotopic (exact) mass is 260 g/mol. The molecule has 0 amide bonds. The van der Waals surface area contributed by atoms with Gasteiger partial charge >= 0.3 is 0 Å². The summed E-state index contributed by atoms with van der Waals surface area (Å²) in [5, 5.41) is 8.69. The van der Waals surface area contributed by atoms with E-state index in [0.717, 1.165) is 30.3 Å². The van der Waals surface area contributed by atoms with Crippen LogP contribution in [0, 0.1) is 0 Å². The lowest BCUT2D eigenvalue weighted by atomic mass is 10.0. The van der Waals surface area contributed by atoms with E-state index >= 15 is 0 Å². The number of pyridine rings is 1. The zero-order valence-electron chi connectivity index (χ0n) is 11.5. The second-order valence-electron chi connectivity index (χ2n) is 4.99. The van der Waals surface area contributed by atoms with Crippen molar-refractivity contribution in [3.63, 3.8) is 0 Å².